The number of hydrogen-bond donors (Lipinski definition) is 0. The molecular weight excluding hydrogens is 344 g/mol. The van der Waals surface area contributed by atoms with Crippen LogP contribution in [0.2, 0.25) is 0 Å². The average molecular weight is 366 g/mol. The van der Waals surface area contributed by atoms with Gasteiger partial charge in [-0.3, -0.25) is 4.79 Å². The first-order chi connectivity index (χ1) is 13.2. The maximum absolute atomic E-state index is 12.5. The number of benzene rings is 2. The van der Waals surface area contributed by atoms with E-state index in [4.69, 9.17) is 14.2 Å². The number of imidazole rings is 1. The lowest BCUT2D eigenvalue weighted by atomic mass is 10.1. The van der Waals surface area contributed by atoms with Crippen LogP contribution in [0.15, 0.2) is 61.1 Å². The fourth-order valence-corrected chi connectivity index (χ4v) is 2.68. The van der Waals surface area contributed by atoms with Crippen LogP contribution >= 0.6 is 0 Å². The summed E-state index contributed by atoms with van der Waals surface area (Å²) in [5.41, 5.74) is 1.28. The van der Waals surface area contributed by atoms with Crippen LogP contribution in [0.5, 0.6) is 17.2 Å². The number of hydrogen-bond acceptors (Lipinski definition) is 5. The predicted molar refractivity (Wildman–Crippen MR) is 102 cm³/mol. The van der Waals surface area contributed by atoms with Gasteiger partial charge in [0.2, 0.25) is 0 Å². The zero-order valence-corrected chi connectivity index (χ0v) is 15.4. The van der Waals surface area contributed by atoms with Crippen molar-refractivity contribution >= 4 is 5.78 Å². The molecule has 0 amide bonds. The van der Waals surface area contributed by atoms with E-state index in [0.717, 1.165) is 11.4 Å². The van der Waals surface area contributed by atoms with Gasteiger partial charge in [0.25, 0.3) is 0 Å². The highest BCUT2D eigenvalue weighted by Gasteiger charge is 2.13. The molecule has 1 heterocycles. The van der Waals surface area contributed by atoms with Crippen LogP contribution in [0.4, 0.5) is 0 Å². The molecule has 0 spiro atoms. The van der Waals surface area contributed by atoms with Gasteiger partial charge >= 0.3 is 0 Å². The Bertz CT molecular complexity index is 890. The number of Topliss-reactive ketones (excluding diaryl/α,β-unsaturated/α-hetero) is 1. The molecule has 0 radical (unpaired) electrons. The third-order valence-electron chi connectivity index (χ3n) is 4.10. The Kier molecular flexibility index (Phi) is 6.10. The Morgan fingerprint density at radius 1 is 1.04 bits per heavy atom. The van der Waals surface area contributed by atoms with E-state index in [9.17, 15) is 4.79 Å². The summed E-state index contributed by atoms with van der Waals surface area (Å²) in [5, 5.41) is 0. The topological polar surface area (TPSA) is 62.6 Å². The van der Waals surface area contributed by atoms with E-state index >= 15 is 0 Å². The quantitative estimate of drug-likeness (QED) is 0.543. The van der Waals surface area contributed by atoms with Crippen LogP contribution in [0, 0.1) is 0 Å². The number of carbonyl (C=O) groups is 1. The smallest absolute Gasteiger partial charge is 0.169 e. The molecule has 0 aliphatic carbocycles. The summed E-state index contributed by atoms with van der Waals surface area (Å²) in [7, 11) is 3.11. The molecule has 2 aromatic carbocycles. The third-order valence-corrected chi connectivity index (χ3v) is 4.10. The van der Waals surface area contributed by atoms with Crippen LogP contribution in [0.25, 0.3) is 0 Å². The normalized spacial score (nSPS) is 10.4. The van der Waals surface area contributed by atoms with Crippen molar-refractivity contribution in [1.29, 1.82) is 0 Å². The molecule has 0 N–H and O–H groups in total. The van der Waals surface area contributed by atoms with Crippen molar-refractivity contribution in [2.24, 2.45) is 0 Å². The number of ketones is 1. The first-order valence-electron chi connectivity index (χ1n) is 8.63. The number of ether oxygens (including phenoxy) is 3. The summed E-state index contributed by atoms with van der Waals surface area (Å²) in [6, 6.07) is 14.8. The van der Waals surface area contributed by atoms with E-state index in [1.54, 1.807) is 38.7 Å². The van der Waals surface area contributed by atoms with Crippen molar-refractivity contribution in [3.05, 3.63) is 72.3 Å². The van der Waals surface area contributed by atoms with Crippen molar-refractivity contribution in [1.82, 2.24) is 9.55 Å². The Morgan fingerprint density at radius 2 is 1.81 bits per heavy atom. The summed E-state index contributed by atoms with van der Waals surface area (Å²) >= 11 is 0. The van der Waals surface area contributed by atoms with E-state index in [1.165, 1.54) is 0 Å². The predicted octanol–water partition coefficient (Wildman–Crippen LogP) is 3.40. The summed E-state index contributed by atoms with van der Waals surface area (Å²) < 4.78 is 18.0. The molecule has 0 saturated carbocycles. The van der Waals surface area contributed by atoms with Crippen molar-refractivity contribution in [3.8, 4) is 17.2 Å². The van der Waals surface area contributed by atoms with Crippen LogP contribution < -0.4 is 14.2 Å². The van der Waals surface area contributed by atoms with E-state index in [0.29, 0.717) is 30.2 Å². The largest absolute Gasteiger partial charge is 0.493 e. The minimum Gasteiger partial charge on any atom is -0.493 e. The molecule has 27 heavy (non-hydrogen) atoms. The monoisotopic (exact) mass is 366 g/mol. The first kappa shape index (κ1) is 18.5. The van der Waals surface area contributed by atoms with Crippen molar-refractivity contribution in [3.63, 3.8) is 0 Å². The molecule has 0 aliphatic rings. The average Bonchev–Trinajstić information content (AvgIpc) is 3.15. The van der Waals surface area contributed by atoms with Gasteiger partial charge in [-0.15, -0.1) is 0 Å². The minimum atomic E-state index is -0.0262. The summed E-state index contributed by atoms with van der Waals surface area (Å²) in [4.78, 5) is 16.8. The number of methoxy groups -OCH3 is 2. The molecule has 6 heteroatoms. The van der Waals surface area contributed by atoms with Crippen molar-refractivity contribution in [2.45, 2.75) is 13.0 Å². The molecule has 0 saturated heterocycles. The number of rotatable bonds is 9. The zero-order valence-electron chi connectivity index (χ0n) is 15.4. The molecule has 0 unspecified atom stereocenters. The summed E-state index contributed by atoms with van der Waals surface area (Å²) in [6.45, 7) is 1.19. The molecule has 3 rings (SSSR count). The fraction of sp³-hybridized carbons (Fsp3) is 0.238. The maximum Gasteiger partial charge on any atom is 0.169 e. The lowest BCUT2D eigenvalue weighted by Crippen LogP contribution is -2.07. The molecule has 3 aromatic rings. The van der Waals surface area contributed by atoms with Gasteiger partial charge in [0.1, 0.15) is 12.4 Å². The zero-order chi connectivity index (χ0) is 19.1. The van der Waals surface area contributed by atoms with Gasteiger partial charge in [-0.05, 0) is 30.3 Å². The second-order valence-corrected chi connectivity index (χ2v) is 5.93. The second-order valence-electron chi connectivity index (χ2n) is 5.93. The highest BCUT2D eigenvalue weighted by Crippen LogP contribution is 2.28. The van der Waals surface area contributed by atoms with Gasteiger partial charge in [-0.25, -0.2) is 4.98 Å². The highest BCUT2D eigenvalue weighted by molar-refractivity contribution is 5.97. The van der Waals surface area contributed by atoms with Gasteiger partial charge in [0.05, 0.1) is 39.2 Å². The fourth-order valence-electron chi connectivity index (χ4n) is 2.68. The van der Waals surface area contributed by atoms with Crippen LogP contribution in [0.3, 0.4) is 0 Å². The maximum atomic E-state index is 12.5. The number of nitrogens with zero attached hydrogens (tertiary/aromatic N) is 2. The Morgan fingerprint density at radius 3 is 2.56 bits per heavy atom. The van der Waals surface area contributed by atoms with E-state index in [1.807, 2.05) is 41.1 Å². The molecule has 6 nitrogen and oxygen atoms in total. The van der Waals surface area contributed by atoms with E-state index in [-0.39, 0.29) is 12.2 Å². The molecule has 0 bridgehead atoms. The summed E-state index contributed by atoms with van der Waals surface area (Å²) in [5.74, 6) is 1.94. The summed E-state index contributed by atoms with van der Waals surface area (Å²) in [6.07, 6.45) is 3.81. The lowest BCUT2D eigenvalue weighted by Gasteiger charge is -2.08. The second kappa shape index (κ2) is 8.89. The van der Waals surface area contributed by atoms with Gasteiger partial charge in [-0.2, -0.15) is 0 Å². The standard InChI is InChI=1S/C21H22N2O4/c1-25-20-9-8-16(12-21(20)26-2)19(24)13-17-14-23(15-22-17)10-11-27-18-6-4-3-5-7-18/h3-9,12,14-15H,10-11,13H2,1-2H3. The Labute approximate surface area is 158 Å². The van der Waals surface area contributed by atoms with Crippen LogP contribution in [0.1, 0.15) is 16.1 Å². The van der Waals surface area contributed by atoms with Gasteiger partial charge in [0.15, 0.2) is 17.3 Å². The Hall–Kier alpha value is -3.28. The van der Waals surface area contributed by atoms with E-state index in [2.05, 4.69) is 4.98 Å². The van der Waals surface area contributed by atoms with Crippen molar-refractivity contribution < 1.29 is 19.0 Å². The molecule has 0 aliphatic heterocycles. The number of aromatic nitrogens is 2. The molecular formula is C21H22N2O4. The number of para-hydroxylation sites is 1. The molecule has 0 fully saturated rings. The Balaban J connectivity index is 1.56. The van der Waals surface area contributed by atoms with E-state index < -0.39 is 0 Å². The minimum absolute atomic E-state index is 0.0262. The van der Waals surface area contributed by atoms with Crippen LogP contribution in [-0.2, 0) is 13.0 Å². The molecule has 140 valence electrons. The van der Waals surface area contributed by atoms with Gasteiger partial charge < -0.3 is 18.8 Å². The van der Waals surface area contributed by atoms with Gasteiger partial charge in [-0.1, -0.05) is 18.2 Å². The van der Waals surface area contributed by atoms with Crippen LogP contribution in [-0.4, -0.2) is 36.2 Å². The SMILES string of the molecule is COc1ccc(C(=O)Cc2cn(CCOc3ccccc3)cn2)cc1OC. The van der Waals surface area contributed by atoms with Crippen molar-refractivity contribution in [2.75, 3.05) is 20.8 Å². The lowest BCUT2D eigenvalue weighted by molar-refractivity contribution is 0.0991. The van der Waals surface area contributed by atoms with Gasteiger partial charge in [0, 0.05) is 11.8 Å². The molecule has 1 aromatic heterocycles. The highest BCUT2D eigenvalue weighted by atomic mass is 16.5. The number of carbonyl (C=O) groups excluding carboxylic acids is 1. The first-order valence-corrected chi connectivity index (χ1v) is 8.63. The third kappa shape index (κ3) is 4.88. The molecule has 0 atom stereocenters.